The molecule has 0 aliphatic carbocycles. The number of rotatable bonds is 10. The lowest BCUT2D eigenvalue weighted by molar-refractivity contribution is -0.771. The Morgan fingerprint density at radius 3 is 2.36 bits per heavy atom. The van der Waals surface area contributed by atoms with E-state index >= 15 is 0 Å². The SMILES string of the molecule is CCN(CC)S(=O)(=O)c1ccc(S(=O)(=O)N2CCC[C@@H](C(=O)N[C@@H]3CCN(c4n[n+](C(C)C)co4)C3)C2)cc1. The summed E-state index contributed by atoms with van der Waals surface area (Å²) in [5.74, 6) is -0.623. The first-order valence-corrected chi connectivity index (χ1v) is 16.4. The largest absolute Gasteiger partial charge is 0.370 e. The Balaban J connectivity index is 1.37. The number of amides is 1. The van der Waals surface area contributed by atoms with Gasteiger partial charge >= 0.3 is 12.4 Å². The van der Waals surface area contributed by atoms with Gasteiger partial charge in [-0.2, -0.15) is 8.61 Å². The van der Waals surface area contributed by atoms with Crippen molar-refractivity contribution in [1.82, 2.24) is 19.0 Å². The number of carbonyl (C=O) groups is 1. The Morgan fingerprint density at radius 1 is 1.08 bits per heavy atom. The van der Waals surface area contributed by atoms with Gasteiger partial charge in [0.15, 0.2) is 6.04 Å². The highest BCUT2D eigenvalue weighted by Crippen LogP contribution is 2.26. The minimum Gasteiger partial charge on any atom is -0.370 e. The zero-order chi connectivity index (χ0) is 28.4. The molecule has 2 aliphatic rings. The van der Waals surface area contributed by atoms with E-state index in [4.69, 9.17) is 4.42 Å². The van der Waals surface area contributed by atoms with Crippen LogP contribution in [0.15, 0.2) is 44.9 Å². The van der Waals surface area contributed by atoms with E-state index in [1.165, 1.54) is 32.9 Å². The molecule has 2 saturated heterocycles. The quantitative estimate of drug-likeness (QED) is 0.414. The number of carbonyl (C=O) groups excluding carboxylic acids is 1. The fourth-order valence-electron chi connectivity index (χ4n) is 5.01. The number of anilines is 1. The van der Waals surface area contributed by atoms with E-state index in [0.717, 1.165) is 6.42 Å². The molecule has 1 N–H and O–H groups in total. The van der Waals surface area contributed by atoms with Gasteiger partial charge in [-0.15, -0.1) is 0 Å². The maximum absolute atomic E-state index is 13.4. The molecule has 39 heavy (non-hydrogen) atoms. The molecular weight excluding hydrogens is 544 g/mol. The van der Waals surface area contributed by atoms with Gasteiger partial charge in [0, 0.05) is 59.2 Å². The third-order valence-electron chi connectivity index (χ3n) is 7.36. The van der Waals surface area contributed by atoms with Crippen LogP contribution in [0.3, 0.4) is 0 Å². The van der Waals surface area contributed by atoms with Crippen LogP contribution in [-0.4, -0.2) is 81.8 Å². The van der Waals surface area contributed by atoms with E-state index in [-0.39, 0.29) is 34.3 Å². The Kier molecular flexibility index (Phi) is 8.98. The summed E-state index contributed by atoms with van der Waals surface area (Å²) in [5, 5.41) is 7.54. The number of nitrogens with one attached hydrogen (secondary N) is 1. The average Bonchev–Trinajstić information content (AvgIpc) is 3.59. The smallest absolute Gasteiger partial charge is 0.364 e. The Bertz CT molecular complexity index is 1360. The van der Waals surface area contributed by atoms with Gasteiger partial charge in [-0.1, -0.05) is 13.8 Å². The van der Waals surface area contributed by atoms with Gasteiger partial charge in [0.05, 0.1) is 20.8 Å². The van der Waals surface area contributed by atoms with E-state index in [2.05, 4.69) is 10.4 Å². The summed E-state index contributed by atoms with van der Waals surface area (Å²) < 4.78 is 62.2. The molecule has 0 saturated carbocycles. The van der Waals surface area contributed by atoms with Crippen LogP contribution < -0.4 is 14.9 Å². The van der Waals surface area contributed by atoms with Crippen molar-refractivity contribution in [3.63, 3.8) is 0 Å². The van der Waals surface area contributed by atoms with Gasteiger partial charge in [0.1, 0.15) is 0 Å². The van der Waals surface area contributed by atoms with Crippen LogP contribution in [0.25, 0.3) is 0 Å². The maximum atomic E-state index is 13.4. The van der Waals surface area contributed by atoms with Gasteiger partial charge in [0.2, 0.25) is 26.0 Å². The summed E-state index contributed by atoms with van der Waals surface area (Å²) in [6.45, 7) is 9.85. The molecule has 2 fully saturated rings. The monoisotopic (exact) mass is 583 g/mol. The van der Waals surface area contributed by atoms with Crippen molar-refractivity contribution in [2.24, 2.45) is 5.92 Å². The topological polar surface area (TPSA) is 137 Å². The lowest BCUT2D eigenvalue weighted by Gasteiger charge is -2.32. The molecule has 1 aromatic carbocycles. The van der Waals surface area contributed by atoms with Crippen molar-refractivity contribution >= 4 is 32.0 Å². The van der Waals surface area contributed by atoms with Crippen LogP contribution >= 0.6 is 0 Å². The number of piperidine rings is 1. The highest BCUT2D eigenvalue weighted by atomic mass is 32.2. The van der Waals surface area contributed by atoms with E-state index in [9.17, 15) is 21.6 Å². The molecule has 2 atom stereocenters. The third-order valence-corrected chi connectivity index (χ3v) is 11.3. The predicted octanol–water partition coefficient (Wildman–Crippen LogP) is 1.37. The predicted molar refractivity (Wildman–Crippen MR) is 144 cm³/mol. The average molecular weight is 584 g/mol. The summed E-state index contributed by atoms with van der Waals surface area (Å²) in [7, 11) is -7.57. The van der Waals surface area contributed by atoms with Crippen LogP contribution in [0, 0.1) is 5.92 Å². The summed E-state index contributed by atoms with van der Waals surface area (Å²) in [6, 6.07) is 5.94. The van der Waals surface area contributed by atoms with E-state index < -0.39 is 26.0 Å². The zero-order valence-electron chi connectivity index (χ0n) is 23.0. The molecule has 216 valence electrons. The second-order valence-corrected chi connectivity index (χ2v) is 14.2. The van der Waals surface area contributed by atoms with E-state index in [1.54, 1.807) is 24.9 Å². The Morgan fingerprint density at radius 2 is 1.74 bits per heavy atom. The molecule has 0 spiro atoms. The van der Waals surface area contributed by atoms with Crippen molar-refractivity contribution in [1.29, 1.82) is 0 Å². The van der Waals surface area contributed by atoms with Crippen LogP contribution in [0.2, 0.25) is 0 Å². The molecule has 1 amide bonds. The van der Waals surface area contributed by atoms with Crippen molar-refractivity contribution in [3.8, 4) is 0 Å². The van der Waals surface area contributed by atoms with Crippen LogP contribution in [0.5, 0.6) is 0 Å². The summed E-state index contributed by atoms with van der Waals surface area (Å²) in [4.78, 5) is 15.2. The number of sulfonamides is 2. The second kappa shape index (κ2) is 11.9. The molecule has 3 heterocycles. The van der Waals surface area contributed by atoms with Gasteiger partial charge < -0.3 is 14.6 Å². The van der Waals surface area contributed by atoms with Crippen LogP contribution in [0.1, 0.15) is 53.0 Å². The molecule has 12 nitrogen and oxygen atoms in total. The summed E-state index contributed by atoms with van der Waals surface area (Å²) in [6.07, 6.45) is 3.49. The lowest BCUT2D eigenvalue weighted by atomic mass is 9.98. The van der Waals surface area contributed by atoms with Gasteiger partial charge in [-0.3, -0.25) is 4.79 Å². The normalized spacial score (nSPS) is 21.1. The van der Waals surface area contributed by atoms with Crippen molar-refractivity contribution in [3.05, 3.63) is 30.7 Å². The Labute approximate surface area is 231 Å². The maximum Gasteiger partial charge on any atom is 0.364 e. The fraction of sp³-hybridized carbons (Fsp3) is 0.640. The molecule has 14 heteroatoms. The third kappa shape index (κ3) is 6.28. The lowest BCUT2D eigenvalue weighted by Crippen LogP contribution is -2.48. The van der Waals surface area contributed by atoms with E-state index in [0.29, 0.717) is 51.6 Å². The number of benzene rings is 1. The molecule has 0 unspecified atom stereocenters. The minimum absolute atomic E-state index is 0.0121. The molecule has 2 aliphatic heterocycles. The molecule has 1 aromatic heterocycles. The van der Waals surface area contributed by atoms with Crippen molar-refractivity contribution in [2.75, 3.05) is 44.2 Å². The number of nitrogens with zero attached hydrogens (tertiary/aromatic N) is 5. The highest BCUT2D eigenvalue weighted by Gasteiger charge is 2.36. The molecule has 0 radical (unpaired) electrons. The Hall–Kier alpha value is -2.55. The summed E-state index contributed by atoms with van der Waals surface area (Å²) >= 11 is 0. The van der Waals surface area contributed by atoms with Gasteiger partial charge in [-0.25, -0.2) is 16.8 Å². The van der Waals surface area contributed by atoms with Crippen molar-refractivity contribution < 1.29 is 30.7 Å². The minimum atomic E-state index is -3.89. The fourth-order valence-corrected chi connectivity index (χ4v) is 7.99. The molecule has 0 bridgehead atoms. The van der Waals surface area contributed by atoms with Gasteiger partial charge in [0.25, 0.3) is 0 Å². The number of hydrogen-bond acceptors (Lipinski definition) is 8. The van der Waals surface area contributed by atoms with Crippen molar-refractivity contribution in [2.45, 2.75) is 68.8 Å². The molecule has 4 rings (SSSR count). The zero-order valence-corrected chi connectivity index (χ0v) is 24.6. The van der Waals surface area contributed by atoms with Crippen LogP contribution in [0.4, 0.5) is 6.01 Å². The second-order valence-electron chi connectivity index (χ2n) is 10.3. The first-order chi connectivity index (χ1) is 18.5. The standard InChI is InChI=1S/C25H38N6O6S2/c1-5-29(6-2)38(33,34)22-9-11-23(12-10-22)39(35,36)30-14-7-8-20(16-30)24(32)26-21-13-15-28(17-21)25-27-31(18-37-25)19(3)4/h9-12,18-21H,5-8,13-17H2,1-4H3/p+1/t20-,21-/m1/s1. The molecular formula is C25H39N6O6S2+. The first kappa shape index (κ1) is 29.4. The molecule has 2 aromatic rings. The van der Waals surface area contributed by atoms with E-state index in [1.807, 2.05) is 18.7 Å². The number of hydrogen-bond donors (Lipinski definition) is 1. The highest BCUT2D eigenvalue weighted by molar-refractivity contribution is 7.89. The summed E-state index contributed by atoms with van der Waals surface area (Å²) in [5.41, 5.74) is 0. The van der Waals surface area contributed by atoms with Gasteiger partial charge in [-0.05, 0) is 48.2 Å². The first-order valence-electron chi connectivity index (χ1n) is 13.5. The number of aromatic nitrogens is 2. The van der Waals surface area contributed by atoms with Crippen LogP contribution in [-0.2, 0) is 24.8 Å².